The van der Waals surface area contributed by atoms with Crippen molar-refractivity contribution in [2.75, 3.05) is 0 Å². The number of β-lactam (4-membered cyclic amide) rings is 1. The fourth-order valence-electron chi connectivity index (χ4n) is 4.52. The molecule has 0 aromatic rings. The number of carbonyl (C=O) groups is 2. The van der Waals surface area contributed by atoms with Gasteiger partial charge in [-0.25, -0.2) is 4.79 Å². The lowest BCUT2D eigenvalue weighted by Crippen LogP contribution is -2.65. The van der Waals surface area contributed by atoms with E-state index in [0.29, 0.717) is 0 Å². The third-order valence-corrected chi connectivity index (χ3v) is 11.4. The van der Waals surface area contributed by atoms with E-state index in [2.05, 4.69) is 33.9 Å². The molecule has 0 radical (unpaired) electrons. The Balaban J connectivity index is 1.83. The van der Waals surface area contributed by atoms with Gasteiger partial charge in [0.05, 0.1) is 18.1 Å². The molecule has 6 heteroatoms. The van der Waals surface area contributed by atoms with Crippen molar-refractivity contribution >= 4 is 20.2 Å². The van der Waals surface area contributed by atoms with Gasteiger partial charge < -0.3 is 14.4 Å². The molecule has 5 nitrogen and oxygen atoms in total. The molecule has 1 aliphatic carbocycles. The fraction of sp³-hybridized carbons (Fsp3) is 0.789. The lowest BCUT2D eigenvalue weighted by Gasteiger charge is -2.50. The lowest BCUT2D eigenvalue weighted by atomic mass is 9.72. The first-order valence-electron chi connectivity index (χ1n) is 9.44. The lowest BCUT2D eigenvalue weighted by molar-refractivity contribution is -0.163. The minimum absolute atomic E-state index is 0.00586. The van der Waals surface area contributed by atoms with E-state index >= 15 is 0 Å². The molecular weight excluding hydrogens is 334 g/mol. The van der Waals surface area contributed by atoms with Crippen LogP contribution >= 0.6 is 0 Å². The Bertz CT molecular complexity index is 634. The summed E-state index contributed by atoms with van der Waals surface area (Å²) < 4.78 is 6.49. The van der Waals surface area contributed by atoms with Crippen molar-refractivity contribution in [3.05, 3.63) is 11.3 Å². The molecule has 2 fully saturated rings. The van der Waals surface area contributed by atoms with Gasteiger partial charge in [-0.05, 0) is 49.9 Å². The van der Waals surface area contributed by atoms with E-state index in [9.17, 15) is 14.7 Å². The van der Waals surface area contributed by atoms with Crippen molar-refractivity contribution in [3.63, 3.8) is 0 Å². The number of aliphatic carboxylic acids is 1. The molecule has 0 aromatic carbocycles. The average Bonchev–Trinajstić information content (AvgIpc) is 2.76. The molecule has 1 amide bonds. The number of rotatable bonds is 4. The second-order valence-corrected chi connectivity index (χ2v) is 14.1. The van der Waals surface area contributed by atoms with Gasteiger partial charge in [-0.1, -0.05) is 27.2 Å². The van der Waals surface area contributed by atoms with E-state index in [1.54, 1.807) is 4.90 Å². The summed E-state index contributed by atoms with van der Waals surface area (Å²) in [7, 11) is -1.97. The molecule has 4 atom stereocenters. The molecule has 3 aliphatic rings. The molecule has 2 aliphatic heterocycles. The number of fused-ring (bicyclic) bond motifs is 3. The average molecular weight is 366 g/mol. The van der Waals surface area contributed by atoms with Crippen molar-refractivity contribution in [2.24, 2.45) is 11.8 Å². The molecular formula is C19H31NO4Si. The van der Waals surface area contributed by atoms with E-state index in [0.717, 1.165) is 31.3 Å². The smallest absolute Gasteiger partial charge is 0.352 e. The van der Waals surface area contributed by atoms with Crippen LogP contribution in [0, 0.1) is 11.8 Å². The van der Waals surface area contributed by atoms with Crippen LogP contribution in [0.3, 0.4) is 0 Å². The van der Waals surface area contributed by atoms with E-state index in [1.165, 1.54) is 0 Å². The van der Waals surface area contributed by atoms with Crippen LogP contribution in [0.2, 0.25) is 18.1 Å². The van der Waals surface area contributed by atoms with E-state index in [-0.39, 0.29) is 40.6 Å². The Morgan fingerprint density at radius 3 is 2.52 bits per heavy atom. The first-order valence-corrected chi connectivity index (χ1v) is 12.4. The Labute approximate surface area is 151 Å². The highest BCUT2D eigenvalue weighted by molar-refractivity contribution is 6.74. The van der Waals surface area contributed by atoms with Crippen molar-refractivity contribution in [1.82, 2.24) is 4.90 Å². The number of carboxylic acid groups (broad SMARTS) is 1. The summed E-state index contributed by atoms with van der Waals surface area (Å²) in [6.07, 6.45) is 3.79. The molecule has 25 heavy (non-hydrogen) atoms. The summed E-state index contributed by atoms with van der Waals surface area (Å²) in [4.78, 5) is 26.2. The normalized spacial score (nSPS) is 30.7. The zero-order valence-electron chi connectivity index (χ0n) is 16.3. The first kappa shape index (κ1) is 18.6. The summed E-state index contributed by atoms with van der Waals surface area (Å²) in [5.41, 5.74) is 1.27. The highest BCUT2D eigenvalue weighted by atomic mass is 28.4. The predicted octanol–water partition coefficient (Wildman–Crippen LogP) is 3.77. The van der Waals surface area contributed by atoms with Gasteiger partial charge in [0.1, 0.15) is 5.70 Å². The Hall–Kier alpha value is -1.14. The topological polar surface area (TPSA) is 66.8 Å². The monoisotopic (exact) mass is 365 g/mol. The van der Waals surface area contributed by atoms with Gasteiger partial charge in [-0.2, -0.15) is 0 Å². The molecule has 1 N–H and O–H groups in total. The van der Waals surface area contributed by atoms with Crippen LogP contribution in [0.5, 0.6) is 0 Å². The summed E-state index contributed by atoms with van der Waals surface area (Å²) in [5, 5.41) is 9.72. The van der Waals surface area contributed by atoms with Gasteiger partial charge in [-0.15, -0.1) is 0 Å². The van der Waals surface area contributed by atoms with Crippen molar-refractivity contribution in [1.29, 1.82) is 0 Å². The molecule has 3 rings (SSSR count). The molecule has 0 unspecified atom stereocenters. The Morgan fingerprint density at radius 1 is 1.32 bits per heavy atom. The summed E-state index contributed by atoms with van der Waals surface area (Å²) in [6, 6.07) is -0.00586. The van der Waals surface area contributed by atoms with Crippen molar-refractivity contribution in [3.8, 4) is 0 Å². The third kappa shape index (κ3) is 2.78. The van der Waals surface area contributed by atoms with E-state index in [4.69, 9.17) is 4.43 Å². The maximum atomic E-state index is 12.8. The van der Waals surface area contributed by atoms with Crippen LogP contribution in [-0.2, 0) is 14.0 Å². The maximum absolute atomic E-state index is 12.8. The highest BCUT2D eigenvalue weighted by Gasteiger charge is 2.61. The van der Waals surface area contributed by atoms with Crippen molar-refractivity contribution < 1.29 is 19.1 Å². The number of nitrogens with zero attached hydrogens (tertiary/aromatic N) is 1. The zero-order valence-corrected chi connectivity index (χ0v) is 17.3. The number of carboxylic acids is 1. The quantitative estimate of drug-likeness (QED) is 0.608. The third-order valence-electron chi connectivity index (χ3n) is 6.80. The van der Waals surface area contributed by atoms with Crippen LogP contribution < -0.4 is 0 Å². The van der Waals surface area contributed by atoms with Gasteiger partial charge >= 0.3 is 5.97 Å². The summed E-state index contributed by atoms with van der Waals surface area (Å²) >= 11 is 0. The second-order valence-electron chi connectivity index (χ2n) is 9.34. The van der Waals surface area contributed by atoms with Gasteiger partial charge in [0.15, 0.2) is 8.32 Å². The Kier molecular flexibility index (Phi) is 4.43. The number of hydrogen-bond acceptors (Lipinski definition) is 3. The minimum atomic E-state index is -1.97. The Morgan fingerprint density at radius 2 is 1.96 bits per heavy atom. The highest BCUT2D eigenvalue weighted by Crippen LogP contribution is 2.53. The van der Waals surface area contributed by atoms with Gasteiger partial charge in [0.25, 0.3) is 0 Å². The van der Waals surface area contributed by atoms with Crippen LogP contribution in [0.15, 0.2) is 11.3 Å². The SMILES string of the molecule is C[C@@H](O[Si](C)(C)C(C)(C)C)[C@H]1C(=O)N2C(C(=O)O)=C3CCCC[C@H]3[C@H]12. The number of amides is 1. The van der Waals surface area contributed by atoms with Gasteiger partial charge in [0.2, 0.25) is 5.91 Å². The molecule has 1 saturated carbocycles. The molecule has 0 bridgehead atoms. The van der Waals surface area contributed by atoms with Gasteiger partial charge in [0, 0.05) is 5.92 Å². The fourth-order valence-corrected chi connectivity index (χ4v) is 5.95. The second kappa shape index (κ2) is 5.95. The molecule has 2 heterocycles. The maximum Gasteiger partial charge on any atom is 0.352 e. The minimum Gasteiger partial charge on any atom is -0.477 e. The zero-order chi connectivity index (χ0) is 18.7. The number of hydrogen-bond donors (Lipinski definition) is 1. The molecule has 0 spiro atoms. The number of carbonyl (C=O) groups excluding carboxylic acids is 1. The van der Waals surface area contributed by atoms with Crippen LogP contribution in [0.25, 0.3) is 0 Å². The van der Waals surface area contributed by atoms with Crippen LogP contribution in [0.4, 0.5) is 0 Å². The predicted molar refractivity (Wildman–Crippen MR) is 98.5 cm³/mol. The molecule has 1 saturated heterocycles. The summed E-state index contributed by atoms with van der Waals surface area (Å²) in [6.45, 7) is 13.0. The standard InChI is InChI=1S/C19H31NO4Si/c1-11(24-25(5,6)19(2,3)4)14-15-12-9-7-8-10-13(12)16(18(22)23)20(15)17(14)21/h11-12,14-15H,7-10H2,1-6H3,(H,22,23)/t11-,12-,14-,15-/m1/s1. The van der Waals surface area contributed by atoms with Crippen molar-refractivity contribution in [2.45, 2.75) is 83.7 Å². The molecule has 140 valence electrons. The van der Waals surface area contributed by atoms with Gasteiger partial charge in [-0.3, -0.25) is 4.79 Å². The first-order chi connectivity index (χ1) is 11.5. The van der Waals surface area contributed by atoms with Crippen LogP contribution in [0.1, 0.15) is 53.4 Å². The van der Waals surface area contributed by atoms with E-state index in [1.807, 2.05) is 6.92 Å². The largest absolute Gasteiger partial charge is 0.477 e. The summed E-state index contributed by atoms with van der Waals surface area (Å²) in [5.74, 6) is -0.998. The van der Waals surface area contributed by atoms with E-state index < -0.39 is 14.3 Å². The van der Waals surface area contributed by atoms with Crippen LogP contribution in [-0.4, -0.2) is 42.3 Å². The molecule has 0 aromatic heterocycles.